The molecule has 0 radical (unpaired) electrons. The summed E-state index contributed by atoms with van der Waals surface area (Å²) in [6.45, 7) is 1.33. The van der Waals surface area contributed by atoms with E-state index in [1.54, 1.807) is 24.3 Å². The van der Waals surface area contributed by atoms with Gasteiger partial charge in [-0.05, 0) is 71.0 Å². The van der Waals surface area contributed by atoms with Gasteiger partial charge < -0.3 is 9.47 Å². The zero-order chi connectivity index (χ0) is 26.2. The fraction of sp³-hybridized carbons (Fsp3) is 0.208. The van der Waals surface area contributed by atoms with Crippen molar-refractivity contribution in [2.75, 3.05) is 13.7 Å². The second-order valence-electron chi connectivity index (χ2n) is 7.51. The van der Waals surface area contributed by atoms with Gasteiger partial charge in [0.2, 0.25) is 0 Å². The minimum atomic E-state index is -4.96. The van der Waals surface area contributed by atoms with Crippen LogP contribution in [0.1, 0.15) is 24.1 Å². The molecule has 2 heterocycles. The highest BCUT2D eigenvalue weighted by Gasteiger charge is 2.45. The van der Waals surface area contributed by atoms with Gasteiger partial charge in [0.25, 0.3) is 5.56 Å². The van der Waals surface area contributed by atoms with Gasteiger partial charge in [-0.2, -0.15) is 13.2 Å². The molecule has 6 nitrogen and oxygen atoms in total. The number of fused-ring (bicyclic) bond motifs is 1. The second kappa shape index (κ2) is 10.4. The Hall–Kier alpha value is -2.64. The molecule has 0 aliphatic carbocycles. The first-order valence-corrected chi connectivity index (χ1v) is 12.7. The van der Waals surface area contributed by atoms with E-state index >= 15 is 0 Å². The first-order valence-electron chi connectivity index (χ1n) is 10.4. The number of carbonyl (C=O) groups is 1. The molecule has 1 aliphatic rings. The maximum atomic E-state index is 14.1. The van der Waals surface area contributed by atoms with Gasteiger partial charge in [-0.15, -0.1) is 0 Å². The molecular formula is C24H17ClF3IN2O4S. The van der Waals surface area contributed by atoms with Crippen LogP contribution < -0.4 is 19.6 Å². The molecule has 0 bridgehead atoms. The topological polar surface area (TPSA) is 69.9 Å². The highest BCUT2D eigenvalue weighted by molar-refractivity contribution is 14.1. The third-order valence-corrected chi connectivity index (χ3v) is 7.33. The minimum Gasteiger partial charge on any atom is -0.496 e. The fourth-order valence-corrected chi connectivity index (χ4v) is 5.61. The van der Waals surface area contributed by atoms with Crippen molar-refractivity contribution in [1.29, 1.82) is 0 Å². The van der Waals surface area contributed by atoms with E-state index in [4.69, 9.17) is 21.1 Å². The Kier molecular flexibility index (Phi) is 7.62. The molecule has 1 aliphatic heterocycles. The molecule has 4 rings (SSSR count). The molecule has 0 saturated heterocycles. The van der Waals surface area contributed by atoms with Crippen LogP contribution in [0.3, 0.4) is 0 Å². The lowest BCUT2D eigenvalue weighted by molar-refractivity contribution is -0.140. The number of ether oxygens (including phenoxy) is 2. The summed E-state index contributed by atoms with van der Waals surface area (Å²) in [5.41, 5.74) is -1.84. The molecule has 0 amide bonds. The van der Waals surface area contributed by atoms with Crippen molar-refractivity contribution < 1.29 is 27.4 Å². The molecule has 0 unspecified atom stereocenters. The maximum Gasteiger partial charge on any atom is 0.434 e. The summed E-state index contributed by atoms with van der Waals surface area (Å²) in [6, 6.07) is 9.70. The number of benzene rings is 2. The van der Waals surface area contributed by atoms with Gasteiger partial charge in [-0.1, -0.05) is 41.1 Å². The first-order chi connectivity index (χ1) is 17.0. The summed E-state index contributed by atoms with van der Waals surface area (Å²) in [7, 11) is 1.53. The van der Waals surface area contributed by atoms with Crippen molar-refractivity contribution in [2.45, 2.75) is 19.1 Å². The van der Waals surface area contributed by atoms with Crippen molar-refractivity contribution in [1.82, 2.24) is 4.57 Å². The van der Waals surface area contributed by atoms with Gasteiger partial charge >= 0.3 is 12.1 Å². The maximum absolute atomic E-state index is 14.1. The van der Waals surface area contributed by atoms with Crippen molar-refractivity contribution in [3.05, 3.63) is 93.1 Å². The van der Waals surface area contributed by atoms with Gasteiger partial charge in [0.05, 0.1) is 33.4 Å². The Morgan fingerprint density at radius 2 is 1.94 bits per heavy atom. The molecule has 0 spiro atoms. The molecule has 1 aromatic heterocycles. The Morgan fingerprint density at radius 3 is 2.53 bits per heavy atom. The van der Waals surface area contributed by atoms with Gasteiger partial charge in [0.1, 0.15) is 5.75 Å². The van der Waals surface area contributed by atoms with E-state index in [0.29, 0.717) is 16.3 Å². The Bertz CT molecular complexity index is 1550. The zero-order valence-electron chi connectivity index (χ0n) is 18.7. The number of thiazole rings is 1. The van der Waals surface area contributed by atoms with Gasteiger partial charge in [-0.25, -0.2) is 9.79 Å². The number of halogens is 5. The van der Waals surface area contributed by atoms with Crippen LogP contribution in [0, 0.1) is 3.57 Å². The van der Waals surface area contributed by atoms with Crippen molar-refractivity contribution in [3.63, 3.8) is 0 Å². The highest BCUT2D eigenvalue weighted by Crippen LogP contribution is 2.38. The highest BCUT2D eigenvalue weighted by atomic mass is 127. The largest absolute Gasteiger partial charge is 0.496 e. The third kappa shape index (κ3) is 5.09. The standard InChI is InChI=1S/C24H17ClF3IN2O4S/c1-3-35-22(33)18-19(13-5-7-14(25)8-6-13)31-21(32)17(36-23(31)30-20(18)24(26,27)28)11-12-4-9-16(34-2)15(29)10-12/h4-11,19H,3H2,1-2H3/b17-11+/t19-/m0/s1. The number of nitrogens with zero attached hydrogens (tertiary/aromatic N) is 2. The summed E-state index contributed by atoms with van der Waals surface area (Å²) in [5.74, 6) is -0.557. The number of methoxy groups -OCH3 is 1. The lowest BCUT2D eigenvalue weighted by atomic mass is 9.95. The number of rotatable bonds is 5. The van der Waals surface area contributed by atoms with Crippen LogP contribution >= 0.6 is 45.5 Å². The fourth-order valence-electron chi connectivity index (χ4n) is 3.72. The number of aromatic nitrogens is 1. The second-order valence-corrected chi connectivity index (χ2v) is 10.1. The molecule has 12 heteroatoms. The summed E-state index contributed by atoms with van der Waals surface area (Å²) in [5, 5.41) is 0.345. The number of esters is 1. The average molecular weight is 649 g/mol. The number of carbonyl (C=O) groups excluding carboxylic acids is 1. The lowest BCUT2D eigenvalue weighted by Crippen LogP contribution is -2.41. The van der Waals surface area contributed by atoms with Crippen LogP contribution in [0.4, 0.5) is 13.2 Å². The third-order valence-electron chi connectivity index (χ3n) is 5.25. The first kappa shape index (κ1) is 26.4. The van der Waals surface area contributed by atoms with E-state index in [0.717, 1.165) is 19.5 Å². The van der Waals surface area contributed by atoms with Crippen LogP contribution in [-0.2, 0) is 9.53 Å². The quantitative estimate of drug-likeness (QED) is 0.300. The van der Waals surface area contributed by atoms with Gasteiger partial charge in [0.15, 0.2) is 10.5 Å². The molecular weight excluding hydrogens is 632 g/mol. The Balaban J connectivity index is 2.02. The van der Waals surface area contributed by atoms with E-state index in [-0.39, 0.29) is 21.5 Å². The number of alkyl halides is 3. The van der Waals surface area contributed by atoms with E-state index in [1.165, 1.54) is 38.3 Å². The summed E-state index contributed by atoms with van der Waals surface area (Å²) < 4.78 is 54.6. The molecule has 3 aromatic rings. The number of hydrogen-bond acceptors (Lipinski definition) is 6. The van der Waals surface area contributed by atoms with Crippen LogP contribution in [0.15, 0.2) is 63.5 Å². The molecule has 188 valence electrons. The monoisotopic (exact) mass is 648 g/mol. The molecule has 0 fully saturated rings. The molecule has 0 saturated carbocycles. The summed E-state index contributed by atoms with van der Waals surface area (Å²) in [4.78, 5) is 29.9. The predicted molar refractivity (Wildman–Crippen MR) is 138 cm³/mol. The van der Waals surface area contributed by atoms with Crippen molar-refractivity contribution in [3.8, 4) is 5.75 Å². The molecule has 36 heavy (non-hydrogen) atoms. The zero-order valence-corrected chi connectivity index (χ0v) is 22.5. The van der Waals surface area contributed by atoms with Gasteiger partial charge in [-0.3, -0.25) is 9.36 Å². The van der Waals surface area contributed by atoms with Crippen LogP contribution in [-0.4, -0.2) is 30.4 Å². The predicted octanol–water partition coefficient (Wildman–Crippen LogP) is 4.61. The average Bonchev–Trinajstić information content (AvgIpc) is 3.13. The van der Waals surface area contributed by atoms with E-state index < -0.39 is 35.0 Å². The van der Waals surface area contributed by atoms with E-state index in [2.05, 4.69) is 27.6 Å². The summed E-state index contributed by atoms with van der Waals surface area (Å²) in [6.07, 6.45) is -3.40. The normalized spacial score (nSPS) is 16.0. The smallest absolute Gasteiger partial charge is 0.434 e. The van der Waals surface area contributed by atoms with Gasteiger partial charge in [0, 0.05) is 5.02 Å². The van der Waals surface area contributed by atoms with E-state index in [1.807, 2.05) is 0 Å². The summed E-state index contributed by atoms with van der Waals surface area (Å²) >= 11 is 8.86. The van der Waals surface area contributed by atoms with Crippen LogP contribution in [0.25, 0.3) is 6.08 Å². The van der Waals surface area contributed by atoms with Crippen LogP contribution in [0.5, 0.6) is 5.75 Å². The van der Waals surface area contributed by atoms with Crippen molar-refractivity contribution >= 4 is 57.6 Å². The minimum absolute atomic E-state index is 0.151. The molecule has 1 atom stereocenters. The molecule has 2 aromatic carbocycles. The Labute approximate surface area is 225 Å². The SMILES string of the molecule is CCOC(=O)C1=C(C(F)(F)F)N=c2s/c(=C/c3ccc(OC)c(I)c3)c(=O)n2[C@H]1c1ccc(Cl)cc1. The van der Waals surface area contributed by atoms with Crippen LogP contribution in [0.2, 0.25) is 5.02 Å². The Morgan fingerprint density at radius 1 is 1.25 bits per heavy atom. The lowest BCUT2D eigenvalue weighted by Gasteiger charge is -2.26. The van der Waals surface area contributed by atoms with E-state index in [9.17, 15) is 22.8 Å². The van der Waals surface area contributed by atoms with Crippen molar-refractivity contribution in [2.24, 2.45) is 4.99 Å². The number of allylic oxidation sites excluding steroid dienone is 1. The molecule has 0 N–H and O–H groups in total. The number of hydrogen-bond donors (Lipinski definition) is 0.